The van der Waals surface area contributed by atoms with Gasteiger partial charge in [0, 0.05) is 12.0 Å². The second-order valence-electron chi connectivity index (χ2n) is 6.81. The molecule has 1 aliphatic heterocycles. The molecule has 1 heterocycles. The Labute approximate surface area is 144 Å². The highest BCUT2D eigenvalue weighted by molar-refractivity contribution is 5.77. The molecule has 2 atom stereocenters. The molecule has 3 rings (SSSR count). The van der Waals surface area contributed by atoms with Gasteiger partial charge in [-0.1, -0.05) is 61.0 Å². The molecule has 1 amide bonds. The minimum Gasteiger partial charge on any atom is -0.344 e. The second kappa shape index (κ2) is 7.63. The van der Waals surface area contributed by atoms with Gasteiger partial charge in [-0.25, -0.2) is 0 Å². The third-order valence-electron chi connectivity index (χ3n) is 4.94. The maximum Gasteiger partial charge on any atom is 0.275 e. The lowest BCUT2D eigenvalue weighted by atomic mass is 10.00. The Morgan fingerprint density at radius 1 is 1.12 bits per heavy atom. The number of fused-ring (bicyclic) bond motifs is 1. The van der Waals surface area contributed by atoms with Crippen molar-refractivity contribution in [1.29, 1.82) is 0 Å². The predicted molar refractivity (Wildman–Crippen MR) is 96.9 cm³/mol. The number of carbonyl (C=O) groups is 1. The third kappa shape index (κ3) is 4.04. The average molecular weight is 323 g/mol. The fraction of sp³-hybridized carbons (Fsp3) is 0.381. The number of nitrogens with one attached hydrogen (secondary N) is 2. The average Bonchev–Trinajstić information content (AvgIpc) is 2.60. The quantitative estimate of drug-likeness (QED) is 0.869. The molecule has 0 bridgehead atoms. The molecular formula is C21H27N2O+. The van der Waals surface area contributed by atoms with Gasteiger partial charge in [-0.05, 0) is 24.5 Å². The van der Waals surface area contributed by atoms with Gasteiger partial charge in [0.05, 0.1) is 12.6 Å². The van der Waals surface area contributed by atoms with Crippen molar-refractivity contribution >= 4 is 5.91 Å². The summed E-state index contributed by atoms with van der Waals surface area (Å²) in [6.45, 7) is 6.74. The second-order valence-corrected chi connectivity index (χ2v) is 6.81. The van der Waals surface area contributed by atoms with E-state index in [1.165, 1.54) is 27.2 Å². The first-order valence-corrected chi connectivity index (χ1v) is 8.92. The summed E-state index contributed by atoms with van der Waals surface area (Å²) in [5, 5.41) is 3.21. The standard InChI is InChI=1S/C21H26N2O/c1-3-20(18-10-8-16(2)9-11-18)22-21(24)15-23-13-12-17-6-4-5-7-19(17)14-23/h4-11,20H,3,12-15H2,1-2H3,(H,22,24)/p+1/t20-/m1/s1. The highest BCUT2D eigenvalue weighted by Crippen LogP contribution is 2.17. The van der Waals surface area contributed by atoms with Crippen LogP contribution in [-0.2, 0) is 17.8 Å². The van der Waals surface area contributed by atoms with Crippen LogP contribution >= 0.6 is 0 Å². The van der Waals surface area contributed by atoms with E-state index >= 15 is 0 Å². The summed E-state index contributed by atoms with van der Waals surface area (Å²) in [5.41, 5.74) is 5.26. The lowest BCUT2D eigenvalue weighted by Crippen LogP contribution is -3.12. The Kier molecular flexibility index (Phi) is 5.31. The Balaban J connectivity index is 1.58. The van der Waals surface area contributed by atoms with Crippen molar-refractivity contribution in [3.8, 4) is 0 Å². The van der Waals surface area contributed by atoms with Crippen LogP contribution < -0.4 is 10.2 Å². The summed E-state index contributed by atoms with van der Waals surface area (Å²) in [4.78, 5) is 13.9. The summed E-state index contributed by atoms with van der Waals surface area (Å²) in [6, 6.07) is 17.1. The maximum atomic E-state index is 12.5. The number of benzene rings is 2. The van der Waals surface area contributed by atoms with Crippen LogP contribution in [0, 0.1) is 6.92 Å². The predicted octanol–water partition coefficient (Wildman–Crippen LogP) is 2.20. The van der Waals surface area contributed by atoms with Crippen LogP contribution in [0.25, 0.3) is 0 Å². The molecule has 24 heavy (non-hydrogen) atoms. The van der Waals surface area contributed by atoms with Crippen molar-refractivity contribution in [3.05, 3.63) is 70.8 Å². The van der Waals surface area contributed by atoms with E-state index in [4.69, 9.17) is 0 Å². The van der Waals surface area contributed by atoms with Crippen molar-refractivity contribution in [2.45, 2.75) is 39.3 Å². The van der Waals surface area contributed by atoms with E-state index in [1.54, 1.807) is 0 Å². The van der Waals surface area contributed by atoms with Gasteiger partial charge in [-0.15, -0.1) is 0 Å². The zero-order valence-electron chi connectivity index (χ0n) is 14.6. The lowest BCUT2D eigenvalue weighted by Gasteiger charge is -2.26. The Morgan fingerprint density at radius 3 is 2.54 bits per heavy atom. The number of carbonyl (C=O) groups excluding carboxylic acids is 1. The van der Waals surface area contributed by atoms with Crippen molar-refractivity contribution in [2.24, 2.45) is 0 Å². The van der Waals surface area contributed by atoms with Gasteiger partial charge in [0.1, 0.15) is 6.54 Å². The molecule has 0 fully saturated rings. The van der Waals surface area contributed by atoms with Crippen LogP contribution in [0.1, 0.15) is 41.6 Å². The molecule has 0 aliphatic carbocycles. The van der Waals surface area contributed by atoms with Gasteiger partial charge in [0.15, 0.2) is 6.54 Å². The van der Waals surface area contributed by atoms with E-state index in [-0.39, 0.29) is 11.9 Å². The maximum absolute atomic E-state index is 12.5. The molecule has 3 nitrogen and oxygen atoms in total. The van der Waals surface area contributed by atoms with Crippen molar-refractivity contribution in [3.63, 3.8) is 0 Å². The fourth-order valence-electron chi connectivity index (χ4n) is 3.49. The van der Waals surface area contributed by atoms with Gasteiger partial charge >= 0.3 is 0 Å². The molecule has 1 unspecified atom stereocenters. The normalized spacial score (nSPS) is 17.8. The van der Waals surface area contributed by atoms with Crippen LogP contribution in [0.15, 0.2) is 48.5 Å². The molecule has 3 heteroatoms. The summed E-state index contributed by atoms with van der Waals surface area (Å²) in [5.74, 6) is 0.150. The lowest BCUT2D eigenvalue weighted by molar-refractivity contribution is -0.908. The Morgan fingerprint density at radius 2 is 1.83 bits per heavy atom. The highest BCUT2D eigenvalue weighted by Gasteiger charge is 2.22. The highest BCUT2D eigenvalue weighted by atomic mass is 16.2. The van der Waals surface area contributed by atoms with Crippen LogP contribution in [0.3, 0.4) is 0 Å². The molecular weight excluding hydrogens is 296 g/mol. The van der Waals surface area contributed by atoms with Crippen LogP contribution in [0.2, 0.25) is 0 Å². The minimum absolute atomic E-state index is 0.106. The van der Waals surface area contributed by atoms with E-state index in [2.05, 4.69) is 67.7 Å². The summed E-state index contributed by atoms with van der Waals surface area (Å²) >= 11 is 0. The molecule has 0 radical (unpaired) electrons. The zero-order valence-corrected chi connectivity index (χ0v) is 14.6. The minimum atomic E-state index is 0.106. The van der Waals surface area contributed by atoms with E-state index in [1.807, 2.05) is 0 Å². The molecule has 0 spiro atoms. The van der Waals surface area contributed by atoms with E-state index < -0.39 is 0 Å². The third-order valence-corrected chi connectivity index (χ3v) is 4.94. The molecule has 126 valence electrons. The van der Waals surface area contributed by atoms with Gasteiger partial charge in [0.2, 0.25) is 0 Å². The zero-order chi connectivity index (χ0) is 16.9. The topological polar surface area (TPSA) is 33.5 Å². The number of aryl methyl sites for hydroxylation is 1. The van der Waals surface area contributed by atoms with Crippen molar-refractivity contribution in [1.82, 2.24) is 5.32 Å². The largest absolute Gasteiger partial charge is 0.344 e. The SMILES string of the molecule is CC[C@@H](NC(=O)C[NH+]1CCc2ccccc2C1)c1ccc(C)cc1. The van der Waals surface area contributed by atoms with Crippen LogP contribution in [0.5, 0.6) is 0 Å². The van der Waals surface area contributed by atoms with Crippen molar-refractivity contribution in [2.75, 3.05) is 13.1 Å². The van der Waals surface area contributed by atoms with E-state index in [0.29, 0.717) is 6.54 Å². The molecule has 0 saturated heterocycles. The molecule has 0 aromatic heterocycles. The molecule has 1 aliphatic rings. The number of hydrogen-bond donors (Lipinski definition) is 2. The van der Waals surface area contributed by atoms with Gasteiger partial charge in [-0.2, -0.15) is 0 Å². The van der Waals surface area contributed by atoms with E-state index in [9.17, 15) is 4.79 Å². The summed E-state index contributed by atoms with van der Waals surface area (Å²) in [6.07, 6.45) is 1.97. The molecule has 0 saturated carbocycles. The van der Waals surface area contributed by atoms with Gasteiger partial charge in [0.25, 0.3) is 5.91 Å². The fourth-order valence-corrected chi connectivity index (χ4v) is 3.49. The van der Waals surface area contributed by atoms with Gasteiger partial charge < -0.3 is 10.2 Å². The molecule has 2 N–H and O–H groups in total. The number of amides is 1. The van der Waals surface area contributed by atoms with Crippen molar-refractivity contribution < 1.29 is 9.69 Å². The number of rotatable bonds is 5. The Hall–Kier alpha value is -2.13. The van der Waals surface area contributed by atoms with Crippen LogP contribution in [0.4, 0.5) is 0 Å². The number of quaternary nitrogens is 1. The summed E-state index contributed by atoms with van der Waals surface area (Å²) < 4.78 is 0. The van der Waals surface area contributed by atoms with Crippen LogP contribution in [-0.4, -0.2) is 19.0 Å². The number of hydrogen-bond acceptors (Lipinski definition) is 1. The first-order valence-electron chi connectivity index (χ1n) is 8.92. The molecule has 2 aromatic rings. The van der Waals surface area contributed by atoms with Gasteiger partial charge in [-0.3, -0.25) is 4.79 Å². The smallest absolute Gasteiger partial charge is 0.275 e. The van der Waals surface area contributed by atoms with E-state index in [0.717, 1.165) is 25.9 Å². The molecule has 2 aromatic carbocycles. The first-order chi connectivity index (χ1) is 11.7. The first kappa shape index (κ1) is 16.7. The monoisotopic (exact) mass is 323 g/mol. The summed E-state index contributed by atoms with van der Waals surface area (Å²) in [7, 11) is 0. The Bertz CT molecular complexity index is 693.